The van der Waals surface area contributed by atoms with Gasteiger partial charge in [-0.25, -0.2) is 0 Å². The van der Waals surface area contributed by atoms with Crippen LogP contribution in [0.25, 0.3) is 0 Å². The van der Waals surface area contributed by atoms with Crippen LogP contribution in [-0.4, -0.2) is 38.1 Å². The van der Waals surface area contributed by atoms with Crippen molar-refractivity contribution in [3.05, 3.63) is 39.8 Å². The quantitative estimate of drug-likeness (QED) is 0.665. The van der Waals surface area contributed by atoms with E-state index in [2.05, 4.69) is 11.4 Å². The highest BCUT2D eigenvalue weighted by atomic mass is 32.1. The van der Waals surface area contributed by atoms with E-state index in [0.29, 0.717) is 28.6 Å². The lowest BCUT2D eigenvalue weighted by Gasteiger charge is -2.25. The van der Waals surface area contributed by atoms with Gasteiger partial charge in [0.1, 0.15) is 11.1 Å². The fraction of sp³-hybridized carbons (Fsp3) is 0.478. The van der Waals surface area contributed by atoms with Crippen molar-refractivity contribution >= 4 is 22.2 Å². The van der Waals surface area contributed by atoms with E-state index in [1.165, 1.54) is 11.3 Å². The number of nitrogens with one attached hydrogen (secondary N) is 1. The molecule has 1 heterocycles. The lowest BCUT2D eigenvalue weighted by Crippen LogP contribution is -2.39. The maximum absolute atomic E-state index is 13.0. The van der Waals surface area contributed by atoms with Gasteiger partial charge in [0, 0.05) is 17.0 Å². The molecule has 3 rings (SSSR count). The summed E-state index contributed by atoms with van der Waals surface area (Å²) in [4.78, 5) is 16.2. The minimum atomic E-state index is -0.380. The Kier molecular flexibility index (Phi) is 7.35. The molecule has 0 saturated carbocycles. The molecule has 1 aliphatic carbocycles. The molecule has 1 amide bonds. The number of carbonyl (C=O) groups excluding carboxylic acids is 1. The van der Waals surface area contributed by atoms with Crippen LogP contribution < -0.4 is 14.8 Å². The van der Waals surface area contributed by atoms with Gasteiger partial charge >= 0.3 is 0 Å². The standard InChI is InChI=1S/C23H29N3O3S/c1-15(26(2)14-16-9-8-11-19(28-3)21(16)29-4)22(27)25-23-18(13-24)17-10-6-5-7-12-20(17)30-23/h8-9,11,15H,5-7,10,12,14H2,1-4H3,(H,25,27). The summed E-state index contributed by atoms with van der Waals surface area (Å²) in [5.74, 6) is 1.22. The molecule has 1 atom stereocenters. The first-order chi connectivity index (χ1) is 14.5. The smallest absolute Gasteiger partial charge is 0.242 e. The Morgan fingerprint density at radius 1 is 1.27 bits per heavy atom. The van der Waals surface area contributed by atoms with Gasteiger partial charge in [-0.3, -0.25) is 9.69 Å². The third kappa shape index (κ3) is 4.61. The van der Waals surface area contributed by atoms with Crippen molar-refractivity contribution in [2.24, 2.45) is 0 Å². The van der Waals surface area contributed by atoms with Crippen molar-refractivity contribution < 1.29 is 14.3 Å². The molecule has 0 aliphatic heterocycles. The number of thiophene rings is 1. The fourth-order valence-corrected chi connectivity index (χ4v) is 5.09. The van der Waals surface area contributed by atoms with Crippen LogP contribution in [0.15, 0.2) is 18.2 Å². The molecule has 30 heavy (non-hydrogen) atoms. The van der Waals surface area contributed by atoms with E-state index in [1.807, 2.05) is 37.1 Å². The Morgan fingerprint density at radius 3 is 2.73 bits per heavy atom. The van der Waals surface area contributed by atoms with Crippen LogP contribution in [0.5, 0.6) is 11.5 Å². The molecule has 0 saturated heterocycles. The van der Waals surface area contributed by atoms with E-state index in [0.717, 1.165) is 36.8 Å². The summed E-state index contributed by atoms with van der Waals surface area (Å²) in [6.45, 7) is 2.40. The molecule has 1 N–H and O–H groups in total. The summed E-state index contributed by atoms with van der Waals surface area (Å²) < 4.78 is 10.9. The molecule has 1 aromatic heterocycles. The molecule has 1 aliphatic rings. The number of methoxy groups -OCH3 is 2. The predicted molar refractivity (Wildman–Crippen MR) is 119 cm³/mol. The van der Waals surface area contributed by atoms with E-state index in [1.54, 1.807) is 25.6 Å². The first-order valence-electron chi connectivity index (χ1n) is 10.3. The Bertz CT molecular complexity index is 948. The minimum absolute atomic E-state index is 0.118. The lowest BCUT2D eigenvalue weighted by molar-refractivity contribution is -0.120. The number of hydrogen-bond acceptors (Lipinski definition) is 6. The van der Waals surface area contributed by atoms with Crippen molar-refractivity contribution in [2.75, 3.05) is 26.6 Å². The molecule has 7 heteroatoms. The zero-order valence-electron chi connectivity index (χ0n) is 18.1. The van der Waals surface area contributed by atoms with Crippen LogP contribution in [0.4, 0.5) is 5.00 Å². The second kappa shape index (κ2) is 9.96. The Hall–Kier alpha value is -2.56. The molecule has 0 spiro atoms. The van der Waals surface area contributed by atoms with Gasteiger partial charge in [0.25, 0.3) is 0 Å². The van der Waals surface area contributed by atoms with Gasteiger partial charge < -0.3 is 14.8 Å². The zero-order valence-corrected chi connectivity index (χ0v) is 18.9. The Morgan fingerprint density at radius 2 is 2.03 bits per heavy atom. The second-order valence-electron chi connectivity index (χ2n) is 7.61. The number of ether oxygens (including phenoxy) is 2. The SMILES string of the molecule is COc1cccc(CN(C)C(C)C(=O)Nc2sc3c(c2C#N)CCCCC3)c1OC. The number of aryl methyl sites for hydroxylation is 1. The molecule has 1 aromatic carbocycles. The molecule has 0 bridgehead atoms. The highest BCUT2D eigenvalue weighted by Gasteiger charge is 2.25. The number of likely N-dealkylation sites (N-methyl/N-ethyl adjacent to an activating group) is 1. The molecule has 160 valence electrons. The summed E-state index contributed by atoms with van der Waals surface area (Å²) in [6.07, 6.45) is 5.37. The predicted octanol–water partition coefficient (Wildman–Crippen LogP) is 4.36. The summed E-state index contributed by atoms with van der Waals surface area (Å²) in [7, 11) is 5.12. The van der Waals surface area contributed by atoms with Gasteiger partial charge in [-0.2, -0.15) is 5.26 Å². The van der Waals surface area contributed by atoms with Gasteiger partial charge in [-0.15, -0.1) is 11.3 Å². The molecule has 6 nitrogen and oxygen atoms in total. The molecule has 1 unspecified atom stereocenters. The first-order valence-corrected chi connectivity index (χ1v) is 11.1. The number of rotatable bonds is 7. The van der Waals surface area contributed by atoms with E-state index in [9.17, 15) is 10.1 Å². The van der Waals surface area contributed by atoms with Crippen LogP contribution in [-0.2, 0) is 24.2 Å². The summed E-state index contributed by atoms with van der Waals surface area (Å²) in [5, 5.41) is 13.4. The molecule has 2 aromatic rings. The second-order valence-corrected chi connectivity index (χ2v) is 8.72. The normalized spacial score (nSPS) is 14.4. The highest BCUT2D eigenvalue weighted by molar-refractivity contribution is 7.16. The first kappa shape index (κ1) is 22.1. The maximum Gasteiger partial charge on any atom is 0.242 e. The Labute approximate surface area is 182 Å². The monoisotopic (exact) mass is 427 g/mol. The van der Waals surface area contributed by atoms with Crippen molar-refractivity contribution in [1.82, 2.24) is 4.90 Å². The van der Waals surface area contributed by atoms with Crippen molar-refractivity contribution in [2.45, 2.75) is 51.6 Å². The van der Waals surface area contributed by atoms with Gasteiger partial charge in [-0.1, -0.05) is 18.6 Å². The van der Waals surface area contributed by atoms with Gasteiger partial charge in [0.15, 0.2) is 11.5 Å². The zero-order chi connectivity index (χ0) is 21.7. The van der Waals surface area contributed by atoms with Crippen LogP contribution in [0.3, 0.4) is 0 Å². The molecular formula is C23H29N3O3S. The minimum Gasteiger partial charge on any atom is -0.493 e. The lowest BCUT2D eigenvalue weighted by atomic mass is 10.1. The van der Waals surface area contributed by atoms with Gasteiger partial charge in [0.05, 0.1) is 25.8 Å². The summed E-state index contributed by atoms with van der Waals surface area (Å²) >= 11 is 1.56. The van der Waals surface area contributed by atoms with Crippen LogP contribution in [0.1, 0.15) is 47.8 Å². The Balaban J connectivity index is 1.73. The van der Waals surface area contributed by atoms with E-state index in [4.69, 9.17) is 9.47 Å². The summed E-state index contributed by atoms with van der Waals surface area (Å²) in [5.41, 5.74) is 2.73. The number of carbonyl (C=O) groups is 1. The van der Waals surface area contributed by atoms with Crippen molar-refractivity contribution in [3.63, 3.8) is 0 Å². The van der Waals surface area contributed by atoms with Crippen LogP contribution in [0.2, 0.25) is 0 Å². The number of nitriles is 1. The molecule has 0 radical (unpaired) electrons. The topological polar surface area (TPSA) is 74.6 Å². The number of hydrogen-bond donors (Lipinski definition) is 1. The average Bonchev–Trinajstić information content (AvgIpc) is 2.91. The number of anilines is 1. The van der Waals surface area contributed by atoms with E-state index < -0.39 is 0 Å². The maximum atomic E-state index is 13.0. The highest BCUT2D eigenvalue weighted by Crippen LogP contribution is 2.37. The summed E-state index contributed by atoms with van der Waals surface area (Å²) in [6, 6.07) is 7.67. The number of nitrogens with zero attached hydrogens (tertiary/aromatic N) is 2. The third-order valence-corrected chi connectivity index (χ3v) is 6.92. The average molecular weight is 428 g/mol. The van der Waals surface area contributed by atoms with Crippen LogP contribution in [0, 0.1) is 11.3 Å². The van der Waals surface area contributed by atoms with E-state index >= 15 is 0 Å². The molecule has 0 fully saturated rings. The number of benzene rings is 1. The number of amides is 1. The molecular weight excluding hydrogens is 398 g/mol. The van der Waals surface area contributed by atoms with Crippen LogP contribution >= 0.6 is 11.3 Å². The number of para-hydroxylation sites is 1. The fourth-order valence-electron chi connectivity index (χ4n) is 3.85. The van der Waals surface area contributed by atoms with Gasteiger partial charge in [0.2, 0.25) is 5.91 Å². The number of fused-ring (bicyclic) bond motifs is 1. The van der Waals surface area contributed by atoms with Gasteiger partial charge in [-0.05, 0) is 51.3 Å². The third-order valence-electron chi connectivity index (χ3n) is 5.71. The largest absolute Gasteiger partial charge is 0.493 e. The van der Waals surface area contributed by atoms with Crippen molar-refractivity contribution in [3.8, 4) is 17.6 Å². The van der Waals surface area contributed by atoms with E-state index in [-0.39, 0.29) is 11.9 Å². The van der Waals surface area contributed by atoms with Crippen molar-refractivity contribution in [1.29, 1.82) is 5.26 Å².